The molecule has 0 spiro atoms. The lowest BCUT2D eigenvalue weighted by atomic mass is 10.0. The van der Waals surface area contributed by atoms with E-state index in [1.807, 2.05) is 36.4 Å². The third kappa shape index (κ3) is 6.43. The molecule has 2 aliphatic heterocycles. The van der Waals surface area contributed by atoms with Crippen LogP contribution in [0.1, 0.15) is 24.0 Å². The van der Waals surface area contributed by atoms with Gasteiger partial charge in [0.05, 0.1) is 18.0 Å². The zero-order valence-corrected chi connectivity index (χ0v) is 21.9. The molecule has 3 aromatic carbocycles. The third-order valence-corrected chi connectivity index (χ3v) is 8.96. The van der Waals surface area contributed by atoms with E-state index in [0.29, 0.717) is 37.4 Å². The predicted octanol–water partition coefficient (Wildman–Crippen LogP) is 4.55. The highest BCUT2D eigenvalue weighted by Gasteiger charge is 2.27. The van der Waals surface area contributed by atoms with Crippen molar-refractivity contribution in [2.75, 3.05) is 60.8 Å². The fourth-order valence-electron chi connectivity index (χ4n) is 5.06. The second-order valence-corrected chi connectivity index (χ2v) is 11.7. The summed E-state index contributed by atoms with van der Waals surface area (Å²) in [7, 11) is -3.41. The number of nitrogens with zero attached hydrogens (tertiary/aromatic N) is 3. The van der Waals surface area contributed by atoms with Crippen molar-refractivity contribution in [3.8, 4) is 5.75 Å². The van der Waals surface area contributed by atoms with Crippen molar-refractivity contribution in [2.24, 2.45) is 0 Å². The second kappa shape index (κ2) is 11.5. The molecule has 1 fully saturated rings. The zero-order chi connectivity index (χ0) is 25.7. The number of benzene rings is 3. The lowest BCUT2D eigenvalue weighted by molar-refractivity contribution is 0.259. The number of ether oxygens (including phenoxy) is 1. The second-order valence-electron chi connectivity index (χ2n) is 9.71. The molecule has 0 amide bonds. The van der Waals surface area contributed by atoms with Crippen molar-refractivity contribution in [2.45, 2.75) is 19.3 Å². The molecule has 1 saturated heterocycles. The Balaban J connectivity index is 1.09. The normalized spacial score (nSPS) is 16.7. The fourth-order valence-corrected chi connectivity index (χ4v) is 6.63. The van der Waals surface area contributed by atoms with E-state index in [1.165, 1.54) is 27.7 Å². The number of para-hydroxylation sites is 2. The summed E-state index contributed by atoms with van der Waals surface area (Å²) in [4.78, 5) is 4.73. The first kappa shape index (κ1) is 25.5. The number of piperazine rings is 1. The number of hydrogen-bond donors (Lipinski definition) is 0. The molecule has 3 aromatic rings. The Labute approximate surface area is 219 Å². The van der Waals surface area contributed by atoms with Gasteiger partial charge in [0.2, 0.25) is 10.0 Å². The van der Waals surface area contributed by atoms with E-state index < -0.39 is 10.0 Å². The third-order valence-electron chi connectivity index (χ3n) is 7.10. The van der Waals surface area contributed by atoms with E-state index in [2.05, 4.69) is 34.1 Å². The Morgan fingerprint density at radius 1 is 0.811 bits per heavy atom. The molecule has 0 aromatic heterocycles. The molecule has 8 heteroatoms. The van der Waals surface area contributed by atoms with Gasteiger partial charge in [0.15, 0.2) is 0 Å². The Morgan fingerprint density at radius 2 is 1.49 bits per heavy atom. The van der Waals surface area contributed by atoms with Gasteiger partial charge in [-0.3, -0.25) is 9.21 Å². The Bertz CT molecular complexity index is 1270. The average Bonchev–Trinajstić information content (AvgIpc) is 3.14. The predicted molar refractivity (Wildman–Crippen MR) is 147 cm³/mol. The highest BCUT2D eigenvalue weighted by Crippen LogP contribution is 2.32. The molecule has 0 unspecified atom stereocenters. The molecule has 0 aliphatic carbocycles. The van der Waals surface area contributed by atoms with Crippen LogP contribution < -0.4 is 13.9 Å². The van der Waals surface area contributed by atoms with Crippen molar-refractivity contribution in [3.63, 3.8) is 0 Å². The number of sulfonamides is 1. The molecule has 0 N–H and O–H groups in total. The van der Waals surface area contributed by atoms with E-state index >= 15 is 0 Å². The first-order valence-corrected chi connectivity index (χ1v) is 14.6. The lowest BCUT2D eigenvalue weighted by Crippen LogP contribution is -2.47. The van der Waals surface area contributed by atoms with Crippen molar-refractivity contribution in [1.82, 2.24) is 4.90 Å². The molecule has 5 rings (SSSR count). The van der Waals surface area contributed by atoms with Crippen LogP contribution in [0.15, 0.2) is 72.8 Å². The average molecular weight is 524 g/mol. The number of hydrogen-bond acceptors (Lipinski definition) is 5. The number of halogens is 1. The molecule has 6 nitrogen and oxygen atoms in total. The quantitative estimate of drug-likeness (QED) is 0.434. The summed E-state index contributed by atoms with van der Waals surface area (Å²) in [6.07, 6.45) is 2.08. The van der Waals surface area contributed by atoms with Crippen LogP contribution in [0.2, 0.25) is 0 Å². The van der Waals surface area contributed by atoms with Gasteiger partial charge in [-0.1, -0.05) is 36.4 Å². The van der Waals surface area contributed by atoms with Crippen LogP contribution in [0.3, 0.4) is 0 Å². The van der Waals surface area contributed by atoms with E-state index in [0.717, 1.165) is 44.7 Å². The maximum absolute atomic E-state index is 13.2. The first-order chi connectivity index (χ1) is 18.0. The lowest BCUT2D eigenvalue weighted by Gasteiger charge is -2.36. The summed E-state index contributed by atoms with van der Waals surface area (Å²) in [5, 5.41) is 0. The van der Waals surface area contributed by atoms with Gasteiger partial charge >= 0.3 is 0 Å². The molecule has 2 heterocycles. The molecular formula is C29H34FN3O3S. The Hall–Kier alpha value is -3.10. The maximum Gasteiger partial charge on any atom is 0.235 e. The van der Waals surface area contributed by atoms with Crippen molar-refractivity contribution >= 4 is 21.4 Å². The van der Waals surface area contributed by atoms with Crippen LogP contribution in [0.25, 0.3) is 0 Å². The van der Waals surface area contributed by atoms with Gasteiger partial charge < -0.3 is 9.64 Å². The number of anilines is 2. The molecule has 2 aliphatic rings. The topological polar surface area (TPSA) is 53.1 Å². The zero-order valence-electron chi connectivity index (χ0n) is 21.1. The first-order valence-electron chi connectivity index (χ1n) is 13.0. The van der Waals surface area contributed by atoms with E-state index in [1.54, 1.807) is 0 Å². The maximum atomic E-state index is 13.2. The molecule has 0 radical (unpaired) electrons. The summed E-state index contributed by atoms with van der Waals surface area (Å²) < 4.78 is 46.7. The monoisotopic (exact) mass is 523 g/mol. The SMILES string of the molecule is O=S(=O)(CCCN1CCN(c2ccc(Cc3ccc(F)cc3)cc2)CC1)N1CCCOc2ccccc21. The van der Waals surface area contributed by atoms with Gasteiger partial charge in [-0.15, -0.1) is 0 Å². The van der Waals surface area contributed by atoms with Crippen molar-refractivity contribution < 1.29 is 17.5 Å². The van der Waals surface area contributed by atoms with Crippen LogP contribution in [0.4, 0.5) is 15.8 Å². The van der Waals surface area contributed by atoms with Crippen molar-refractivity contribution in [1.29, 1.82) is 0 Å². The van der Waals surface area contributed by atoms with Crippen molar-refractivity contribution in [3.05, 3.63) is 89.7 Å². The van der Waals surface area contributed by atoms with Gasteiger partial charge in [-0.05, 0) is 66.9 Å². The molecule has 0 bridgehead atoms. The van der Waals surface area contributed by atoms with Crippen LogP contribution in [-0.2, 0) is 16.4 Å². The summed E-state index contributed by atoms with van der Waals surface area (Å²) >= 11 is 0. The van der Waals surface area contributed by atoms with Gasteiger partial charge in [0, 0.05) is 44.8 Å². The number of fused-ring (bicyclic) bond motifs is 1. The largest absolute Gasteiger partial charge is 0.491 e. The Kier molecular flexibility index (Phi) is 7.96. The van der Waals surface area contributed by atoms with Gasteiger partial charge in [0.25, 0.3) is 0 Å². The van der Waals surface area contributed by atoms with Gasteiger partial charge in [0.1, 0.15) is 11.6 Å². The fraction of sp³-hybridized carbons (Fsp3) is 0.379. The summed E-state index contributed by atoms with van der Waals surface area (Å²) in [5.74, 6) is 0.568. The molecule has 0 atom stereocenters. The summed E-state index contributed by atoms with van der Waals surface area (Å²) in [6.45, 7) is 5.43. The van der Waals surface area contributed by atoms with Crippen LogP contribution >= 0.6 is 0 Å². The summed E-state index contributed by atoms with van der Waals surface area (Å²) in [5.41, 5.74) is 4.15. The molecule has 37 heavy (non-hydrogen) atoms. The molecule has 196 valence electrons. The van der Waals surface area contributed by atoms with Gasteiger partial charge in [-0.25, -0.2) is 12.8 Å². The Morgan fingerprint density at radius 3 is 2.22 bits per heavy atom. The number of rotatable bonds is 8. The van der Waals surface area contributed by atoms with Crippen LogP contribution in [0.5, 0.6) is 5.75 Å². The van der Waals surface area contributed by atoms with E-state index in [4.69, 9.17) is 4.74 Å². The van der Waals surface area contributed by atoms with Crippen LogP contribution in [0, 0.1) is 5.82 Å². The summed E-state index contributed by atoms with van der Waals surface area (Å²) in [6, 6.07) is 22.6. The van der Waals surface area contributed by atoms with Gasteiger partial charge in [-0.2, -0.15) is 0 Å². The highest BCUT2D eigenvalue weighted by atomic mass is 32.2. The van der Waals surface area contributed by atoms with Crippen LogP contribution in [-0.4, -0.2) is 64.9 Å². The minimum Gasteiger partial charge on any atom is -0.491 e. The highest BCUT2D eigenvalue weighted by molar-refractivity contribution is 7.92. The minimum atomic E-state index is -3.41. The standard InChI is InChI=1S/C29H34FN3O3S/c30-26-11-7-24(8-12-26)23-25-9-13-27(14-10-25)32-19-17-31(18-20-32)15-4-22-37(34,35)33-16-3-21-36-29-6-2-1-5-28(29)33/h1-2,5-14H,3-4,15-23H2. The van der Waals surface area contributed by atoms with E-state index in [9.17, 15) is 12.8 Å². The van der Waals surface area contributed by atoms with E-state index in [-0.39, 0.29) is 11.6 Å². The molecular weight excluding hydrogens is 489 g/mol. The smallest absolute Gasteiger partial charge is 0.235 e. The minimum absolute atomic E-state index is 0.136. The molecule has 0 saturated carbocycles.